The summed E-state index contributed by atoms with van der Waals surface area (Å²) in [5.41, 5.74) is -0.740. The fourth-order valence-electron chi connectivity index (χ4n) is 1.74. The van der Waals surface area contributed by atoms with Crippen molar-refractivity contribution in [3.63, 3.8) is 0 Å². The van der Waals surface area contributed by atoms with Gasteiger partial charge in [-0.1, -0.05) is 12.1 Å². The van der Waals surface area contributed by atoms with Gasteiger partial charge in [0, 0.05) is 18.8 Å². The van der Waals surface area contributed by atoms with Crippen LogP contribution in [0.3, 0.4) is 0 Å². The van der Waals surface area contributed by atoms with Gasteiger partial charge in [-0.2, -0.15) is 13.2 Å². The topological polar surface area (TPSA) is 52.6 Å². The maximum absolute atomic E-state index is 12.6. The molecule has 0 bridgehead atoms. The Kier molecular flexibility index (Phi) is 6.39. The summed E-state index contributed by atoms with van der Waals surface area (Å²) >= 11 is 0. The van der Waals surface area contributed by atoms with Gasteiger partial charge in [0.1, 0.15) is 0 Å². The van der Waals surface area contributed by atoms with E-state index >= 15 is 0 Å². The van der Waals surface area contributed by atoms with Gasteiger partial charge in [-0.3, -0.25) is 9.69 Å². The molecule has 4 nitrogen and oxygen atoms in total. The zero-order valence-corrected chi connectivity index (χ0v) is 11.4. The molecule has 0 aliphatic carbocycles. The maximum atomic E-state index is 12.6. The van der Waals surface area contributed by atoms with Crippen molar-refractivity contribution < 1.29 is 23.1 Å². The highest BCUT2D eigenvalue weighted by Gasteiger charge is 2.30. The van der Waals surface area contributed by atoms with Crippen LogP contribution in [0.5, 0.6) is 0 Å². The van der Waals surface area contributed by atoms with Gasteiger partial charge >= 0.3 is 6.18 Å². The number of hydrogen-bond acceptors (Lipinski definition) is 3. The quantitative estimate of drug-likeness (QED) is 0.759. The second-order valence-electron chi connectivity index (χ2n) is 4.37. The van der Waals surface area contributed by atoms with E-state index in [1.807, 2.05) is 0 Å². The lowest BCUT2D eigenvalue weighted by Gasteiger charge is -2.19. The monoisotopic (exact) mass is 302 g/mol. The summed E-state index contributed by atoms with van der Waals surface area (Å²) in [5, 5.41) is 11.3. The molecule has 0 aliphatic rings. The highest BCUT2D eigenvalue weighted by atomic mass is 19.4. The molecule has 1 aromatic carbocycles. The van der Waals surface area contributed by atoms with E-state index in [-0.39, 0.29) is 25.4 Å². The van der Waals surface area contributed by atoms with Crippen LogP contribution in [-0.2, 0) is 11.0 Å². The van der Waals surface area contributed by atoms with E-state index in [9.17, 15) is 18.0 Å². The van der Waals surface area contributed by atoms with Crippen molar-refractivity contribution in [1.29, 1.82) is 0 Å². The molecule has 1 aromatic rings. The van der Waals surface area contributed by atoms with Gasteiger partial charge in [0.25, 0.3) is 0 Å². The summed E-state index contributed by atoms with van der Waals surface area (Å²) in [6.07, 6.45) is -2.88. The predicted octanol–water partition coefficient (Wildman–Crippen LogP) is 2.12. The van der Waals surface area contributed by atoms with Crippen molar-refractivity contribution >= 4 is 11.6 Å². The summed E-state index contributed by atoms with van der Waals surface area (Å²) < 4.78 is 37.7. The minimum absolute atomic E-state index is 0.0389. The van der Waals surface area contributed by atoms with Crippen molar-refractivity contribution in [2.75, 3.05) is 31.6 Å². The highest BCUT2D eigenvalue weighted by molar-refractivity contribution is 5.92. The van der Waals surface area contributed by atoms with E-state index in [2.05, 4.69) is 11.9 Å². The number of rotatable bonds is 7. The molecule has 0 atom stereocenters. The Morgan fingerprint density at radius 3 is 2.71 bits per heavy atom. The maximum Gasteiger partial charge on any atom is 0.416 e. The molecule has 116 valence electrons. The number of nitrogens with one attached hydrogen (secondary N) is 1. The Balaban J connectivity index is 2.68. The first kappa shape index (κ1) is 17.2. The van der Waals surface area contributed by atoms with E-state index in [1.165, 1.54) is 12.1 Å². The molecule has 0 aromatic heterocycles. The molecule has 1 rings (SSSR count). The second-order valence-corrected chi connectivity index (χ2v) is 4.37. The van der Waals surface area contributed by atoms with Crippen LogP contribution < -0.4 is 5.32 Å². The molecular formula is C14H17F3N2O2. The average molecular weight is 302 g/mol. The first-order valence-electron chi connectivity index (χ1n) is 6.28. The van der Waals surface area contributed by atoms with Crippen molar-refractivity contribution in [1.82, 2.24) is 4.90 Å². The molecule has 0 saturated carbocycles. The number of alkyl halides is 3. The van der Waals surface area contributed by atoms with Gasteiger partial charge in [-0.05, 0) is 18.2 Å². The third-order valence-electron chi connectivity index (χ3n) is 2.64. The number of aliphatic hydroxyl groups excluding tert-OH is 1. The van der Waals surface area contributed by atoms with Gasteiger partial charge in [-0.15, -0.1) is 6.58 Å². The molecule has 0 spiro atoms. The summed E-state index contributed by atoms with van der Waals surface area (Å²) in [4.78, 5) is 13.4. The zero-order chi connectivity index (χ0) is 15.9. The largest absolute Gasteiger partial charge is 0.416 e. The van der Waals surface area contributed by atoms with Crippen LogP contribution in [0.25, 0.3) is 0 Å². The number of carbonyl (C=O) groups is 1. The normalized spacial score (nSPS) is 11.5. The van der Waals surface area contributed by atoms with Crippen molar-refractivity contribution in [2.24, 2.45) is 0 Å². The van der Waals surface area contributed by atoms with Crippen LogP contribution in [0.15, 0.2) is 36.9 Å². The number of halogens is 3. The first-order valence-corrected chi connectivity index (χ1v) is 6.28. The molecule has 0 fully saturated rings. The molecule has 1 amide bonds. The molecule has 7 heteroatoms. The van der Waals surface area contributed by atoms with Gasteiger partial charge in [-0.25, -0.2) is 0 Å². The number of nitrogens with zero attached hydrogens (tertiary/aromatic N) is 1. The Bertz CT molecular complexity index is 489. The zero-order valence-electron chi connectivity index (χ0n) is 11.4. The number of amides is 1. The molecule has 0 heterocycles. The smallest absolute Gasteiger partial charge is 0.395 e. The summed E-state index contributed by atoms with van der Waals surface area (Å²) in [5.74, 6) is -0.454. The predicted molar refractivity (Wildman–Crippen MR) is 73.8 cm³/mol. The number of carbonyl (C=O) groups excluding carboxylic acids is 1. The molecule has 0 saturated heterocycles. The minimum Gasteiger partial charge on any atom is -0.395 e. The number of hydrogen-bond donors (Lipinski definition) is 2. The molecule has 2 N–H and O–H groups in total. The fraction of sp³-hybridized carbons (Fsp3) is 0.357. The van der Waals surface area contributed by atoms with Crippen molar-refractivity contribution in [3.8, 4) is 0 Å². The summed E-state index contributed by atoms with van der Waals surface area (Å²) in [7, 11) is 0. The number of aliphatic hydroxyl groups is 1. The SMILES string of the molecule is C=CCN(CCO)CC(=O)Nc1cccc(C(F)(F)F)c1. The number of benzene rings is 1. The number of anilines is 1. The molecule has 0 aliphatic heterocycles. The Morgan fingerprint density at radius 1 is 1.43 bits per heavy atom. The van der Waals surface area contributed by atoms with Crippen LogP contribution in [0.2, 0.25) is 0 Å². The highest BCUT2D eigenvalue weighted by Crippen LogP contribution is 2.30. The first-order chi connectivity index (χ1) is 9.86. The van der Waals surface area contributed by atoms with Gasteiger partial charge in [0.05, 0.1) is 18.7 Å². The van der Waals surface area contributed by atoms with E-state index < -0.39 is 17.6 Å². The minimum atomic E-state index is -4.45. The van der Waals surface area contributed by atoms with Crippen LogP contribution in [0.1, 0.15) is 5.56 Å². The van der Waals surface area contributed by atoms with E-state index in [4.69, 9.17) is 5.11 Å². The van der Waals surface area contributed by atoms with Gasteiger partial charge in [0.15, 0.2) is 0 Å². The van der Waals surface area contributed by atoms with Gasteiger partial charge in [0.2, 0.25) is 5.91 Å². The second kappa shape index (κ2) is 7.80. The van der Waals surface area contributed by atoms with Gasteiger partial charge < -0.3 is 10.4 Å². The van der Waals surface area contributed by atoms with E-state index in [1.54, 1.807) is 11.0 Å². The van der Waals surface area contributed by atoms with Crippen LogP contribution in [-0.4, -0.2) is 42.2 Å². The van der Waals surface area contributed by atoms with E-state index in [0.29, 0.717) is 6.54 Å². The lowest BCUT2D eigenvalue weighted by molar-refractivity contribution is -0.137. The third-order valence-corrected chi connectivity index (χ3v) is 2.64. The molecule has 0 radical (unpaired) electrons. The molecule has 21 heavy (non-hydrogen) atoms. The van der Waals surface area contributed by atoms with Crippen LogP contribution in [0, 0.1) is 0 Å². The molecule has 0 unspecified atom stereocenters. The van der Waals surface area contributed by atoms with Crippen LogP contribution >= 0.6 is 0 Å². The Morgan fingerprint density at radius 2 is 2.14 bits per heavy atom. The Labute approximate surface area is 120 Å². The summed E-state index contributed by atoms with van der Waals surface area (Å²) in [6, 6.07) is 4.43. The average Bonchev–Trinajstić information content (AvgIpc) is 2.38. The lowest BCUT2D eigenvalue weighted by atomic mass is 10.2. The van der Waals surface area contributed by atoms with Crippen molar-refractivity contribution in [2.45, 2.75) is 6.18 Å². The lowest BCUT2D eigenvalue weighted by Crippen LogP contribution is -2.35. The third kappa shape index (κ3) is 5.97. The fourth-order valence-corrected chi connectivity index (χ4v) is 1.74. The standard InChI is InChI=1S/C14H17F3N2O2/c1-2-6-19(7-8-20)10-13(21)18-12-5-3-4-11(9-12)14(15,16)17/h2-5,9,20H,1,6-8,10H2,(H,18,21). The van der Waals surface area contributed by atoms with E-state index in [0.717, 1.165) is 12.1 Å². The Hall–Kier alpha value is -1.86. The molecular weight excluding hydrogens is 285 g/mol. The van der Waals surface area contributed by atoms with Crippen molar-refractivity contribution in [3.05, 3.63) is 42.5 Å². The van der Waals surface area contributed by atoms with Crippen LogP contribution in [0.4, 0.5) is 18.9 Å². The summed E-state index contributed by atoms with van der Waals surface area (Å²) in [6.45, 7) is 4.05.